The molecule has 0 radical (unpaired) electrons. The Morgan fingerprint density at radius 3 is 2.47 bits per heavy atom. The van der Waals surface area contributed by atoms with Crippen molar-refractivity contribution in [2.24, 2.45) is 5.92 Å². The molecule has 0 aromatic heterocycles. The Hall–Kier alpha value is -2.91. The number of sulfonamides is 1. The molecule has 9 heteroatoms. The SMILES string of the molecule is CC(=O)N1CC(C(=O)Nc2ccc(S(=O)(=O)N3CCCC(C)C3)cc2)Oc2ccccc21. The molecule has 1 N–H and O–H groups in total. The van der Waals surface area contributed by atoms with E-state index < -0.39 is 22.0 Å². The number of ether oxygens (including phenoxy) is 1. The van der Waals surface area contributed by atoms with Gasteiger partial charge in [0, 0.05) is 25.7 Å². The molecule has 2 aliphatic rings. The normalized spacial score (nSPS) is 21.4. The van der Waals surface area contributed by atoms with E-state index in [-0.39, 0.29) is 17.3 Å². The molecule has 2 atom stereocenters. The first kappa shape index (κ1) is 22.3. The molecule has 2 amide bonds. The zero-order valence-corrected chi connectivity index (χ0v) is 19.0. The van der Waals surface area contributed by atoms with Gasteiger partial charge >= 0.3 is 0 Å². The van der Waals surface area contributed by atoms with E-state index in [0.717, 1.165) is 12.8 Å². The molecule has 8 nitrogen and oxygen atoms in total. The summed E-state index contributed by atoms with van der Waals surface area (Å²) in [6.07, 6.45) is 1.01. The number of piperidine rings is 1. The Bertz CT molecular complexity index is 1120. The van der Waals surface area contributed by atoms with E-state index in [9.17, 15) is 18.0 Å². The van der Waals surface area contributed by atoms with Crippen LogP contribution in [0.3, 0.4) is 0 Å². The van der Waals surface area contributed by atoms with Crippen LogP contribution in [0.5, 0.6) is 5.75 Å². The maximum atomic E-state index is 12.9. The van der Waals surface area contributed by atoms with Crippen LogP contribution in [0.2, 0.25) is 0 Å². The van der Waals surface area contributed by atoms with Crippen molar-refractivity contribution in [3.63, 3.8) is 0 Å². The summed E-state index contributed by atoms with van der Waals surface area (Å²) in [5.74, 6) is 0.213. The van der Waals surface area contributed by atoms with Crippen molar-refractivity contribution in [1.29, 1.82) is 0 Å². The van der Waals surface area contributed by atoms with Crippen molar-refractivity contribution in [3.05, 3.63) is 48.5 Å². The summed E-state index contributed by atoms with van der Waals surface area (Å²) in [5.41, 5.74) is 1.09. The van der Waals surface area contributed by atoms with E-state index in [1.807, 2.05) is 0 Å². The van der Waals surface area contributed by atoms with Gasteiger partial charge in [-0.05, 0) is 55.2 Å². The van der Waals surface area contributed by atoms with Gasteiger partial charge in [-0.15, -0.1) is 0 Å². The Balaban J connectivity index is 1.46. The first-order valence-corrected chi connectivity index (χ1v) is 12.1. The molecule has 1 saturated heterocycles. The number of nitrogens with one attached hydrogen (secondary N) is 1. The largest absolute Gasteiger partial charge is 0.476 e. The zero-order chi connectivity index (χ0) is 22.9. The van der Waals surface area contributed by atoms with Gasteiger partial charge in [0.2, 0.25) is 15.9 Å². The second-order valence-electron chi connectivity index (χ2n) is 8.33. The smallest absolute Gasteiger partial charge is 0.267 e. The van der Waals surface area contributed by atoms with E-state index in [4.69, 9.17) is 4.74 Å². The second-order valence-corrected chi connectivity index (χ2v) is 10.3. The third-order valence-corrected chi connectivity index (χ3v) is 7.70. The topological polar surface area (TPSA) is 96.0 Å². The number of anilines is 2. The first-order valence-electron chi connectivity index (χ1n) is 10.7. The first-order chi connectivity index (χ1) is 15.3. The lowest BCUT2D eigenvalue weighted by molar-refractivity contribution is -0.123. The molecule has 4 rings (SSSR count). The molecule has 1 fully saturated rings. The third-order valence-electron chi connectivity index (χ3n) is 5.83. The van der Waals surface area contributed by atoms with E-state index >= 15 is 0 Å². The number of fused-ring (bicyclic) bond motifs is 1. The zero-order valence-electron chi connectivity index (χ0n) is 18.2. The summed E-state index contributed by atoms with van der Waals surface area (Å²) in [5, 5.41) is 2.76. The summed E-state index contributed by atoms with van der Waals surface area (Å²) < 4.78 is 33.2. The number of benzene rings is 2. The van der Waals surface area contributed by atoms with Crippen LogP contribution in [-0.4, -0.2) is 50.3 Å². The average molecular weight is 458 g/mol. The molecule has 32 heavy (non-hydrogen) atoms. The van der Waals surface area contributed by atoms with E-state index in [1.165, 1.54) is 28.3 Å². The van der Waals surface area contributed by atoms with Crippen molar-refractivity contribution in [2.45, 2.75) is 37.7 Å². The Morgan fingerprint density at radius 1 is 1.06 bits per heavy atom. The lowest BCUT2D eigenvalue weighted by Gasteiger charge is -2.33. The fraction of sp³-hybridized carbons (Fsp3) is 0.391. The molecule has 170 valence electrons. The van der Waals surface area contributed by atoms with Gasteiger partial charge in [0.1, 0.15) is 5.75 Å². The van der Waals surface area contributed by atoms with Crippen LogP contribution in [0.25, 0.3) is 0 Å². The van der Waals surface area contributed by atoms with Gasteiger partial charge in [0.25, 0.3) is 5.91 Å². The molecule has 2 aromatic carbocycles. The van der Waals surface area contributed by atoms with Gasteiger partial charge in [-0.3, -0.25) is 9.59 Å². The maximum Gasteiger partial charge on any atom is 0.267 e. The van der Waals surface area contributed by atoms with Gasteiger partial charge in [-0.1, -0.05) is 19.1 Å². The number of hydrogen-bond acceptors (Lipinski definition) is 5. The lowest BCUT2D eigenvalue weighted by atomic mass is 10.0. The molecule has 2 heterocycles. The number of carbonyl (C=O) groups excluding carboxylic acids is 2. The van der Waals surface area contributed by atoms with Crippen LogP contribution in [0.1, 0.15) is 26.7 Å². The fourth-order valence-electron chi connectivity index (χ4n) is 4.12. The number of nitrogens with zero attached hydrogens (tertiary/aromatic N) is 2. The number of carbonyl (C=O) groups is 2. The average Bonchev–Trinajstić information content (AvgIpc) is 2.78. The highest BCUT2D eigenvalue weighted by molar-refractivity contribution is 7.89. The van der Waals surface area contributed by atoms with Gasteiger partial charge in [-0.2, -0.15) is 4.31 Å². The molecule has 0 saturated carbocycles. The second kappa shape index (κ2) is 8.91. The van der Waals surface area contributed by atoms with E-state index in [2.05, 4.69) is 12.2 Å². The molecule has 0 spiro atoms. The minimum Gasteiger partial charge on any atom is -0.476 e. The predicted molar refractivity (Wildman–Crippen MR) is 121 cm³/mol. The molecule has 2 aromatic rings. The van der Waals surface area contributed by atoms with Crippen molar-refractivity contribution >= 4 is 33.2 Å². The van der Waals surface area contributed by atoms with Crippen LogP contribution < -0.4 is 15.0 Å². The fourth-order valence-corrected chi connectivity index (χ4v) is 5.71. The molecule has 2 aliphatic heterocycles. The molecular formula is C23H27N3O5S. The summed E-state index contributed by atoms with van der Waals surface area (Å²) in [4.78, 5) is 26.6. The minimum absolute atomic E-state index is 0.0950. The molecule has 2 unspecified atom stereocenters. The quantitative estimate of drug-likeness (QED) is 0.762. The number of rotatable bonds is 4. The molecule has 0 bridgehead atoms. The van der Waals surface area contributed by atoms with Gasteiger partial charge < -0.3 is 15.0 Å². The summed E-state index contributed by atoms with van der Waals surface area (Å²) in [7, 11) is -3.56. The number of amides is 2. The van der Waals surface area contributed by atoms with E-state index in [1.54, 1.807) is 36.4 Å². The summed E-state index contributed by atoms with van der Waals surface area (Å²) in [6, 6.07) is 13.2. The van der Waals surface area contributed by atoms with Crippen LogP contribution in [0.4, 0.5) is 11.4 Å². The highest BCUT2D eigenvalue weighted by Crippen LogP contribution is 2.33. The Kier molecular flexibility index (Phi) is 6.21. The van der Waals surface area contributed by atoms with Crippen LogP contribution >= 0.6 is 0 Å². The third kappa shape index (κ3) is 4.49. The lowest BCUT2D eigenvalue weighted by Crippen LogP contribution is -2.48. The number of hydrogen-bond donors (Lipinski definition) is 1. The highest BCUT2D eigenvalue weighted by atomic mass is 32.2. The number of para-hydroxylation sites is 2. The van der Waals surface area contributed by atoms with Crippen molar-refractivity contribution in [3.8, 4) is 5.75 Å². The van der Waals surface area contributed by atoms with Crippen LogP contribution in [0.15, 0.2) is 53.4 Å². The highest BCUT2D eigenvalue weighted by Gasteiger charge is 2.33. The minimum atomic E-state index is -3.56. The predicted octanol–water partition coefficient (Wildman–Crippen LogP) is 2.86. The van der Waals surface area contributed by atoms with Crippen molar-refractivity contribution in [1.82, 2.24) is 4.31 Å². The van der Waals surface area contributed by atoms with Crippen molar-refractivity contribution in [2.75, 3.05) is 29.9 Å². The standard InChI is InChI=1S/C23H27N3O5S/c1-16-6-5-13-25(14-16)32(29,30)19-11-9-18(10-12-19)24-23(28)22-15-26(17(2)27)20-7-3-4-8-21(20)31-22/h3-4,7-12,16,22H,5-6,13-15H2,1-2H3,(H,24,28). The van der Waals surface area contributed by atoms with Crippen LogP contribution in [-0.2, 0) is 19.6 Å². The monoisotopic (exact) mass is 457 g/mol. The van der Waals surface area contributed by atoms with Gasteiger partial charge in [0.15, 0.2) is 6.10 Å². The Morgan fingerprint density at radius 2 is 1.78 bits per heavy atom. The molecular weight excluding hydrogens is 430 g/mol. The maximum absolute atomic E-state index is 12.9. The van der Waals surface area contributed by atoms with Crippen molar-refractivity contribution < 1.29 is 22.7 Å². The summed E-state index contributed by atoms with van der Waals surface area (Å²) in [6.45, 7) is 4.64. The van der Waals surface area contributed by atoms with E-state index in [0.29, 0.717) is 36.1 Å². The summed E-state index contributed by atoms with van der Waals surface area (Å²) >= 11 is 0. The van der Waals surface area contributed by atoms with Crippen LogP contribution in [0, 0.1) is 5.92 Å². The molecule has 0 aliphatic carbocycles. The Labute approximate surface area is 188 Å². The van der Waals surface area contributed by atoms with Gasteiger partial charge in [0.05, 0.1) is 17.1 Å². The van der Waals surface area contributed by atoms with Gasteiger partial charge in [-0.25, -0.2) is 8.42 Å².